The number of hydrogen-bond acceptors (Lipinski definition) is 4. The Balaban J connectivity index is 1.31. The van der Waals surface area contributed by atoms with Crippen LogP contribution in [0.5, 0.6) is 0 Å². The first-order chi connectivity index (χ1) is 19.8. The lowest BCUT2D eigenvalue weighted by Crippen LogP contribution is -1.94. The van der Waals surface area contributed by atoms with Crippen LogP contribution in [-0.2, 0) is 0 Å². The van der Waals surface area contributed by atoms with Crippen LogP contribution in [-0.4, -0.2) is 19.9 Å². The summed E-state index contributed by atoms with van der Waals surface area (Å²) in [5.41, 5.74) is 9.18. The van der Waals surface area contributed by atoms with Gasteiger partial charge in [0.05, 0.1) is 44.8 Å². The van der Waals surface area contributed by atoms with Crippen LogP contribution in [0.15, 0.2) is 133 Å². The zero-order valence-electron chi connectivity index (χ0n) is 21.5. The van der Waals surface area contributed by atoms with E-state index in [-0.39, 0.29) is 0 Å². The van der Waals surface area contributed by atoms with Crippen molar-refractivity contribution in [3.8, 4) is 33.9 Å². The first-order valence-corrected chi connectivity index (χ1v) is 13.3. The summed E-state index contributed by atoms with van der Waals surface area (Å²) in [5.74, 6) is 0. The summed E-state index contributed by atoms with van der Waals surface area (Å²) >= 11 is 0. The summed E-state index contributed by atoms with van der Waals surface area (Å²) in [6.07, 6.45) is 0. The monoisotopic (exact) mass is 510 g/mol. The number of benzene rings is 4. The van der Waals surface area contributed by atoms with Gasteiger partial charge in [-0.05, 0) is 24.3 Å². The van der Waals surface area contributed by atoms with Crippen molar-refractivity contribution in [2.45, 2.75) is 0 Å². The largest absolute Gasteiger partial charge is 0.245 e. The standard InChI is InChI=1S/C36H22N4/c1-3-7-23(8-4-1)29-19-15-25-11-13-27-17-21-31(39-35(27)33(25)37-29)32-22-18-28-14-12-26-16-20-30(24-9-5-2-6-10-24)38-34(26)36(28)40-32/h1-22H. The molecule has 0 amide bonds. The van der Waals surface area contributed by atoms with E-state index in [2.05, 4.69) is 84.9 Å². The molecule has 0 saturated heterocycles. The molecule has 0 saturated carbocycles. The van der Waals surface area contributed by atoms with Crippen molar-refractivity contribution in [1.82, 2.24) is 19.9 Å². The smallest absolute Gasteiger partial charge is 0.0973 e. The lowest BCUT2D eigenvalue weighted by molar-refractivity contribution is 1.31. The predicted octanol–water partition coefficient (Wildman–Crippen LogP) is 8.88. The highest BCUT2D eigenvalue weighted by Gasteiger charge is 2.12. The predicted molar refractivity (Wildman–Crippen MR) is 164 cm³/mol. The molecule has 0 bridgehead atoms. The summed E-state index contributed by atoms with van der Waals surface area (Å²) in [4.78, 5) is 20.3. The van der Waals surface area contributed by atoms with Gasteiger partial charge in [-0.1, -0.05) is 109 Å². The molecule has 4 heterocycles. The van der Waals surface area contributed by atoms with Crippen molar-refractivity contribution >= 4 is 43.6 Å². The van der Waals surface area contributed by atoms with Crippen molar-refractivity contribution in [3.05, 3.63) is 133 Å². The lowest BCUT2D eigenvalue weighted by atomic mass is 10.1. The van der Waals surface area contributed by atoms with Gasteiger partial charge in [-0.15, -0.1) is 0 Å². The van der Waals surface area contributed by atoms with E-state index >= 15 is 0 Å². The van der Waals surface area contributed by atoms with Gasteiger partial charge < -0.3 is 0 Å². The Morgan fingerprint density at radius 1 is 0.250 bits per heavy atom. The van der Waals surface area contributed by atoms with E-state index in [0.29, 0.717) is 0 Å². The van der Waals surface area contributed by atoms with E-state index in [1.165, 1.54) is 0 Å². The molecule has 0 spiro atoms. The number of hydrogen-bond donors (Lipinski definition) is 0. The maximum absolute atomic E-state index is 5.12. The molecule has 8 rings (SSSR count). The minimum Gasteiger partial charge on any atom is -0.245 e. The molecule has 40 heavy (non-hydrogen) atoms. The molecule has 4 nitrogen and oxygen atoms in total. The van der Waals surface area contributed by atoms with Gasteiger partial charge in [-0.3, -0.25) is 0 Å². The Bertz CT molecular complexity index is 2050. The first-order valence-electron chi connectivity index (χ1n) is 13.3. The molecule has 186 valence electrons. The molecule has 0 radical (unpaired) electrons. The number of rotatable bonds is 3. The molecule has 4 heteroatoms. The quantitative estimate of drug-likeness (QED) is 0.223. The second kappa shape index (κ2) is 9.07. The minimum absolute atomic E-state index is 0.810. The van der Waals surface area contributed by atoms with Crippen molar-refractivity contribution in [2.75, 3.05) is 0 Å². The molecule has 0 aliphatic carbocycles. The molecule has 4 aromatic heterocycles. The molecule has 8 aromatic rings. The van der Waals surface area contributed by atoms with Gasteiger partial charge in [0.15, 0.2) is 0 Å². The van der Waals surface area contributed by atoms with Crippen molar-refractivity contribution in [3.63, 3.8) is 0 Å². The fourth-order valence-electron chi connectivity index (χ4n) is 5.36. The summed E-state index contributed by atoms with van der Waals surface area (Å²) < 4.78 is 0. The third kappa shape index (κ3) is 3.77. The fraction of sp³-hybridized carbons (Fsp3) is 0. The number of fused-ring (bicyclic) bond motifs is 6. The van der Waals surface area contributed by atoms with Crippen LogP contribution < -0.4 is 0 Å². The Kier molecular flexibility index (Phi) is 5.10. The number of aromatic nitrogens is 4. The highest BCUT2D eigenvalue weighted by Crippen LogP contribution is 2.31. The van der Waals surface area contributed by atoms with E-state index in [4.69, 9.17) is 19.9 Å². The van der Waals surface area contributed by atoms with Gasteiger partial charge in [0.1, 0.15) is 0 Å². The summed E-state index contributed by atoms with van der Waals surface area (Å²) in [7, 11) is 0. The summed E-state index contributed by atoms with van der Waals surface area (Å²) in [6.45, 7) is 0. The minimum atomic E-state index is 0.810. The van der Waals surface area contributed by atoms with Crippen LogP contribution in [0, 0.1) is 0 Å². The highest BCUT2D eigenvalue weighted by molar-refractivity contribution is 6.05. The van der Waals surface area contributed by atoms with Gasteiger partial charge in [0, 0.05) is 32.7 Å². The third-order valence-electron chi connectivity index (χ3n) is 7.44. The SMILES string of the molecule is c1ccc(-c2ccc3ccc4ccc(-c5ccc6ccc7ccc(-c8ccccc8)nc7c6n5)nc4c3n2)cc1. The average molecular weight is 511 g/mol. The molecule has 0 N–H and O–H groups in total. The van der Waals surface area contributed by atoms with Gasteiger partial charge in [0.2, 0.25) is 0 Å². The molecule has 0 atom stereocenters. The van der Waals surface area contributed by atoms with E-state index in [9.17, 15) is 0 Å². The number of nitrogens with zero attached hydrogens (tertiary/aromatic N) is 4. The van der Waals surface area contributed by atoms with Crippen LogP contribution in [0.2, 0.25) is 0 Å². The lowest BCUT2D eigenvalue weighted by Gasteiger charge is -2.09. The molecule has 0 aliphatic heterocycles. The fourth-order valence-corrected chi connectivity index (χ4v) is 5.36. The second-order valence-corrected chi connectivity index (χ2v) is 9.94. The summed E-state index contributed by atoms with van der Waals surface area (Å²) in [5, 5.41) is 4.22. The molecule has 4 aromatic carbocycles. The van der Waals surface area contributed by atoms with E-state index in [0.717, 1.165) is 77.5 Å². The Hall–Kier alpha value is -5.48. The molecular weight excluding hydrogens is 488 g/mol. The maximum atomic E-state index is 5.12. The highest BCUT2D eigenvalue weighted by atomic mass is 14.8. The van der Waals surface area contributed by atoms with Gasteiger partial charge in [0.25, 0.3) is 0 Å². The Morgan fingerprint density at radius 2 is 0.525 bits per heavy atom. The maximum Gasteiger partial charge on any atom is 0.0973 e. The van der Waals surface area contributed by atoms with Crippen LogP contribution in [0.1, 0.15) is 0 Å². The zero-order valence-corrected chi connectivity index (χ0v) is 21.5. The van der Waals surface area contributed by atoms with Crippen molar-refractivity contribution < 1.29 is 0 Å². The average Bonchev–Trinajstić information content (AvgIpc) is 3.04. The van der Waals surface area contributed by atoms with Gasteiger partial charge in [-0.2, -0.15) is 0 Å². The van der Waals surface area contributed by atoms with E-state index in [1.807, 2.05) is 48.5 Å². The molecule has 0 unspecified atom stereocenters. The molecule has 0 aliphatic rings. The van der Waals surface area contributed by atoms with Crippen molar-refractivity contribution in [1.29, 1.82) is 0 Å². The first kappa shape index (κ1) is 22.5. The van der Waals surface area contributed by atoms with Gasteiger partial charge >= 0.3 is 0 Å². The van der Waals surface area contributed by atoms with E-state index in [1.54, 1.807) is 0 Å². The molecule has 0 fully saturated rings. The van der Waals surface area contributed by atoms with Crippen molar-refractivity contribution in [2.24, 2.45) is 0 Å². The second-order valence-electron chi connectivity index (χ2n) is 9.94. The van der Waals surface area contributed by atoms with Crippen LogP contribution in [0.4, 0.5) is 0 Å². The number of pyridine rings is 4. The molecular formula is C36H22N4. The van der Waals surface area contributed by atoms with Crippen LogP contribution >= 0.6 is 0 Å². The Labute approximate surface area is 230 Å². The topological polar surface area (TPSA) is 51.6 Å². The normalized spacial score (nSPS) is 11.5. The van der Waals surface area contributed by atoms with Crippen LogP contribution in [0.3, 0.4) is 0 Å². The van der Waals surface area contributed by atoms with E-state index < -0.39 is 0 Å². The van der Waals surface area contributed by atoms with Gasteiger partial charge in [-0.25, -0.2) is 19.9 Å². The van der Waals surface area contributed by atoms with Crippen LogP contribution in [0.25, 0.3) is 77.5 Å². The Morgan fingerprint density at radius 3 is 0.875 bits per heavy atom. The zero-order chi connectivity index (χ0) is 26.5. The third-order valence-corrected chi connectivity index (χ3v) is 7.44. The summed E-state index contributed by atoms with van der Waals surface area (Å²) in [6, 6.07) is 45.6.